The van der Waals surface area contributed by atoms with E-state index in [4.69, 9.17) is 0 Å². The fraction of sp³-hybridized carbons (Fsp3) is 0.143. The van der Waals surface area contributed by atoms with Crippen LogP contribution in [-0.4, -0.2) is 22.9 Å². The minimum Gasteiger partial charge on any atom is -0.466 e. The maximum absolute atomic E-state index is 10.6. The smallest absolute Gasteiger partial charge is 0.332 e. The van der Waals surface area contributed by atoms with Crippen LogP contribution in [0.15, 0.2) is 24.5 Å². The molecule has 0 aromatic carbocycles. The Morgan fingerprint density at radius 1 is 1.73 bits per heavy atom. The summed E-state index contributed by atoms with van der Waals surface area (Å²) in [7, 11) is 1.33. The monoisotopic (exact) mass is 152 g/mol. The van der Waals surface area contributed by atoms with E-state index in [0.29, 0.717) is 0 Å². The molecule has 1 aromatic heterocycles. The normalized spacial score (nSPS) is 10.3. The van der Waals surface area contributed by atoms with Gasteiger partial charge in [0.25, 0.3) is 0 Å². The predicted octanol–water partition coefficient (Wildman–Crippen LogP) is 0.527. The van der Waals surface area contributed by atoms with E-state index in [1.807, 2.05) is 0 Å². The Morgan fingerprint density at radius 2 is 2.55 bits per heavy atom. The van der Waals surface area contributed by atoms with Crippen molar-refractivity contribution < 1.29 is 9.53 Å². The fourth-order valence-electron chi connectivity index (χ4n) is 0.574. The molecule has 0 spiro atoms. The van der Waals surface area contributed by atoms with Gasteiger partial charge in [-0.3, -0.25) is 0 Å². The lowest BCUT2D eigenvalue weighted by Gasteiger charge is -1.89. The Balaban J connectivity index is 2.55. The third-order valence-corrected chi connectivity index (χ3v) is 1.09. The van der Waals surface area contributed by atoms with Crippen LogP contribution in [0.4, 0.5) is 0 Å². The second-order valence-corrected chi connectivity index (χ2v) is 1.82. The molecule has 4 heteroatoms. The van der Waals surface area contributed by atoms with Gasteiger partial charge in [0.2, 0.25) is 0 Å². The van der Waals surface area contributed by atoms with Gasteiger partial charge in [-0.05, 0) is 6.07 Å². The van der Waals surface area contributed by atoms with E-state index in [1.54, 1.807) is 18.5 Å². The average molecular weight is 152 g/mol. The molecule has 0 amide bonds. The number of rotatable bonds is 2. The Hall–Kier alpha value is -1.58. The summed E-state index contributed by atoms with van der Waals surface area (Å²) in [6.45, 7) is 0. The third-order valence-electron chi connectivity index (χ3n) is 1.09. The molecule has 0 saturated carbocycles. The van der Waals surface area contributed by atoms with Crippen molar-refractivity contribution in [1.82, 2.24) is 9.78 Å². The van der Waals surface area contributed by atoms with Crippen LogP contribution < -0.4 is 0 Å². The molecule has 0 aliphatic carbocycles. The highest BCUT2D eigenvalue weighted by atomic mass is 16.5. The van der Waals surface area contributed by atoms with Gasteiger partial charge in [-0.1, -0.05) is 0 Å². The van der Waals surface area contributed by atoms with E-state index < -0.39 is 0 Å². The standard InChI is InChI=1S/C7H8N2O2/c1-11-7(10)3-6-9-5-2-4-8-9/h2-6H,1H3/b6-3+. The van der Waals surface area contributed by atoms with E-state index >= 15 is 0 Å². The lowest BCUT2D eigenvalue weighted by Crippen LogP contribution is -1.95. The number of ether oxygens (including phenoxy) is 1. The van der Waals surface area contributed by atoms with Gasteiger partial charge in [-0.15, -0.1) is 0 Å². The number of nitrogens with zero attached hydrogens (tertiary/aromatic N) is 2. The number of esters is 1. The van der Waals surface area contributed by atoms with Gasteiger partial charge in [0.05, 0.1) is 7.11 Å². The highest BCUT2D eigenvalue weighted by molar-refractivity contribution is 5.84. The van der Waals surface area contributed by atoms with Crippen molar-refractivity contribution in [2.24, 2.45) is 0 Å². The number of methoxy groups -OCH3 is 1. The molecule has 0 N–H and O–H groups in total. The molecule has 0 atom stereocenters. The maximum atomic E-state index is 10.6. The van der Waals surface area contributed by atoms with Gasteiger partial charge in [0.15, 0.2) is 0 Å². The van der Waals surface area contributed by atoms with Crippen molar-refractivity contribution >= 4 is 12.2 Å². The number of hydrogen-bond acceptors (Lipinski definition) is 3. The van der Waals surface area contributed by atoms with Crippen LogP contribution in [-0.2, 0) is 9.53 Å². The van der Waals surface area contributed by atoms with Crippen LogP contribution in [0, 0.1) is 0 Å². The van der Waals surface area contributed by atoms with E-state index in [2.05, 4.69) is 9.84 Å². The van der Waals surface area contributed by atoms with Crippen LogP contribution in [0.25, 0.3) is 6.20 Å². The minimum absolute atomic E-state index is 0.388. The van der Waals surface area contributed by atoms with Gasteiger partial charge in [0.1, 0.15) is 0 Å². The summed E-state index contributed by atoms with van der Waals surface area (Å²) < 4.78 is 5.89. The number of aromatic nitrogens is 2. The second kappa shape index (κ2) is 3.55. The first-order chi connectivity index (χ1) is 5.33. The highest BCUT2D eigenvalue weighted by Gasteiger charge is 1.89. The zero-order valence-corrected chi connectivity index (χ0v) is 6.10. The fourth-order valence-corrected chi connectivity index (χ4v) is 0.574. The summed E-state index contributed by atoms with van der Waals surface area (Å²) in [5.41, 5.74) is 0. The molecule has 1 rings (SSSR count). The van der Waals surface area contributed by atoms with Gasteiger partial charge in [0, 0.05) is 24.7 Å². The Morgan fingerprint density at radius 3 is 3.09 bits per heavy atom. The Bertz CT molecular complexity index is 251. The molecule has 1 heterocycles. The topological polar surface area (TPSA) is 44.1 Å². The Labute approximate surface area is 64.1 Å². The predicted molar refractivity (Wildman–Crippen MR) is 39.6 cm³/mol. The minimum atomic E-state index is -0.388. The summed E-state index contributed by atoms with van der Waals surface area (Å²) in [4.78, 5) is 10.6. The first-order valence-corrected chi connectivity index (χ1v) is 3.08. The molecular formula is C7H8N2O2. The first kappa shape index (κ1) is 7.53. The largest absolute Gasteiger partial charge is 0.466 e. The van der Waals surface area contributed by atoms with E-state index in [9.17, 15) is 4.79 Å². The van der Waals surface area contributed by atoms with Crippen molar-refractivity contribution in [2.75, 3.05) is 7.11 Å². The van der Waals surface area contributed by atoms with E-state index in [-0.39, 0.29) is 5.97 Å². The summed E-state index contributed by atoms with van der Waals surface area (Å²) in [6.07, 6.45) is 6.17. The number of hydrogen-bond donors (Lipinski definition) is 0. The summed E-state index contributed by atoms with van der Waals surface area (Å²) in [5.74, 6) is -0.388. The van der Waals surface area contributed by atoms with Gasteiger partial charge < -0.3 is 4.74 Å². The van der Waals surface area contributed by atoms with Gasteiger partial charge in [-0.2, -0.15) is 5.10 Å². The van der Waals surface area contributed by atoms with Gasteiger partial charge in [-0.25, -0.2) is 9.48 Å². The third kappa shape index (κ3) is 2.25. The molecule has 0 radical (unpaired) electrons. The zero-order chi connectivity index (χ0) is 8.10. The van der Waals surface area contributed by atoms with Crippen LogP contribution in [0.1, 0.15) is 0 Å². The van der Waals surface area contributed by atoms with Crippen LogP contribution in [0.3, 0.4) is 0 Å². The summed E-state index contributed by atoms with van der Waals surface area (Å²) in [6, 6.07) is 1.77. The first-order valence-electron chi connectivity index (χ1n) is 3.08. The van der Waals surface area contributed by atoms with Crippen molar-refractivity contribution in [1.29, 1.82) is 0 Å². The van der Waals surface area contributed by atoms with Crippen LogP contribution >= 0.6 is 0 Å². The van der Waals surface area contributed by atoms with E-state index in [1.165, 1.54) is 24.1 Å². The average Bonchev–Trinajstić information content (AvgIpc) is 2.52. The molecule has 0 unspecified atom stereocenters. The molecule has 0 saturated heterocycles. The molecule has 1 aromatic rings. The molecule has 0 fully saturated rings. The van der Waals surface area contributed by atoms with Crippen LogP contribution in [0.2, 0.25) is 0 Å². The maximum Gasteiger partial charge on any atom is 0.332 e. The molecule has 0 bridgehead atoms. The lowest BCUT2D eigenvalue weighted by atomic mass is 10.6. The zero-order valence-electron chi connectivity index (χ0n) is 6.10. The molecule has 0 aliphatic rings. The SMILES string of the molecule is COC(=O)/C=C/n1cccn1. The Kier molecular flexibility index (Phi) is 2.43. The van der Waals surface area contributed by atoms with Gasteiger partial charge >= 0.3 is 5.97 Å². The molecular weight excluding hydrogens is 144 g/mol. The van der Waals surface area contributed by atoms with Crippen molar-refractivity contribution in [3.63, 3.8) is 0 Å². The summed E-state index contributed by atoms with van der Waals surface area (Å²) in [5, 5.41) is 3.84. The molecule has 4 nitrogen and oxygen atoms in total. The highest BCUT2D eigenvalue weighted by Crippen LogP contribution is 1.86. The summed E-state index contributed by atoms with van der Waals surface area (Å²) >= 11 is 0. The van der Waals surface area contributed by atoms with Crippen LogP contribution in [0.5, 0.6) is 0 Å². The molecule has 11 heavy (non-hydrogen) atoms. The second-order valence-electron chi connectivity index (χ2n) is 1.82. The van der Waals surface area contributed by atoms with Crippen molar-refractivity contribution in [2.45, 2.75) is 0 Å². The lowest BCUT2D eigenvalue weighted by molar-refractivity contribution is -0.134. The number of carbonyl (C=O) groups is 1. The van der Waals surface area contributed by atoms with Crippen molar-refractivity contribution in [3.8, 4) is 0 Å². The number of carbonyl (C=O) groups excluding carboxylic acids is 1. The molecule has 58 valence electrons. The van der Waals surface area contributed by atoms with Crippen molar-refractivity contribution in [3.05, 3.63) is 24.5 Å². The molecule has 0 aliphatic heterocycles. The van der Waals surface area contributed by atoms with E-state index in [0.717, 1.165) is 0 Å². The quantitative estimate of drug-likeness (QED) is 0.458.